The van der Waals surface area contributed by atoms with Crippen molar-refractivity contribution in [2.75, 3.05) is 6.54 Å². The van der Waals surface area contributed by atoms with Crippen molar-refractivity contribution < 1.29 is 17.6 Å². The van der Waals surface area contributed by atoms with E-state index in [4.69, 9.17) is 15.1 Å². The number of hydrogen-bond donors (Lipinski definition) is 0. The Hall–Kier alpha value is -1.01. The van der Waals surface area contributed by atoms with Crippen LogP contribution in [0.2, 0.25) is 0 Å². The molecule has 1 aliphatic rings. The lowest BCUT2D eigenvalue weighted by Gasteiger charge is -2.13. The highest BCUT2D eigenvalue weighted by Gasteiger charge is 2.37. The van der Waals surface area contributed by atoms with Gasteiger partial charge < -0.3 is 9.32 Å². The van der Waals surface area contributed by atoms with Crippen LogP contribution in [0, 0.1) is 0 Å². The van der Waals surface area contributed by atoms with Crippen molar-refractivity contribution in [3.63, 3.8) is 0 Å². The average molecular weight is 264 g/mol. The summed E-state index contributed by atoms with van der Waals surface area (Å²) >= 11 is 0. The third-order valence-corrected chi connectivity index (χ3v) is 4.37. The van der Waals surface area contributed by atoms with E-state index in [1.165, 1.54) is 11.2 Å². The quantitative estimate of drug-likeness (QED) is 0.762. The van der Waals surface area contributed by atoms with Crippen LogP contribution in [0.3, 0.4) is 0 Å². The van der Waals surface area contributed by atoms with E-state index < -0.39 is 14.3 Å². The van der Waals surface area contributed by atoms with E-state index >= 15 is 0 Å². The van der Waals surface area contributed by atoms with Gasteiger partial charge in [-0.05, 0) is 12.1 Å². The molecule has 1 saturated heterocycles. The van der Waals surface area contributed by atoms with Crippen molar-refractivity contribution in [2.45, 2.75) is 18.2 Å². The predicted molar refractivity (Wildman–Crippen MR) is 57.3 cm³/mol. The Morgan fingerprint density at radius 2 is 2.31 bits per heavy atom. The second-order valence-corrected chi connectivity index (χ2v) is 6.56. The molecule has 1 unspecified atom stereocenters. The molecular formula is C9H10ClNO4S. The molecule has 0 aliphatic carbocycles. The molecule has 1 aromatic rings. The second-order valence-electron chi connectivity index (χ2n) is 3.66. The van der Waals surface area contributed by atoms with E-state index in [2.05, 4.69) is 0 Å². The molecule has 0 bridgehead atoms. The zero-order valence-electron chi connectivity index (χ0n) is 8.30. The zero-order chi connectivity index (χ0) is 11.8. The fraction of sp³-hybridized carbons (Fsp3) is 0.444. The van der Waals surface area contributed by atoms with Gasteiger partial charge in [0.2, 0.25) is 15.0 Å². The maximum absolute atomic E-state index is 11.5. The molecule has 2 rings (SSSR count). The fourth-order valence-corrected chi connectivity index (χ4v) is 2.73. The van der Waals surface area contributed by atoms with Gasteiger partial charge in [-0.25, -0.2) is 8.42 Å². The van der Waals surface area contributed by atoms with Crippen LogP contribution in [-0.2, 0) is 20.4 Å². The molecule has 0 N–H and O–H groups in total. The Balaban J connectivity index is 2.06. The SMILES string of the molecule is O=C1CC(S(=O)(=O)Cl)CN1Cc1ccco1. The molecule has 7 heteroatoms. The van der Waals surface area contributed by atoms with E-state index in [1.54, 1.807) is 12.1 Å². The molecule has 16 heavy (non-hydrogen) atoms. The van der Waals surface area contributed by atoms with Gasteiger partial charge in [-0.1, -0.05) is 0 Å². The highest BCUT2D eigenvalue weighted by Crippen LogP contribution is 2.22. The molecule has 1 aliphatic heterocycles. The summed E-state index contributed by atoms with van der Waals surface area (Å²) in [4.78, 5) is 13.0. The van der Waals surface area contributed by atoms with Crippen molar-refractivity contribution >= 4 is 25.6 Å². The number of nitrogens with zero attached hydrogens (tertiary/aromatic N) is 1. The highest BCUT2D eigenvalue weighted by atomic mass is 35.7. The summed E-state index contributed by atoms with van der Waals surface area (Å²) < 4.78 is 27.3. The van der Waals surface area contributed by atoms with Gasteiger partial charge in [0, 0.05) is 23.6 Å². The Labute approximate surface area is 97.4 Å². The second kappa shape index (κ2) is 4.10. The molecule has 88 valence electrons. The summed E-state index contributed by atoms with van der Waals surface area (Å²) in [5.41, 5.74) is 0. The molecule has 1 fully saturated rings. The molecule has 2 heterocycles. The highest BCUT2D eigenvalue weighted by molar-refractivity contribution is 8.14. The number of hydrogen-bond acceptors (Lipinski definition) is 4. The molecule has 1 aromatic heterocycles. The number of rotatable bonds is 3. The molecule has 1 amide bonds. The monoisotopic (exact) mass is 263 g/mol. The fourth-order valence-electron chi connectivity index (χ4n) is 1.67. The lowest BCUT2D eigenvalue weighted by atomic mass is 10.4. The van der Waals surface area contributed by atoms with Crippen LogP contribution in [0.1, 0.15) is 12.2 Å². The van der Waals surface area contributed by atoms with E-state index in [0.717, 1.165) is 0 Å². The Morgan fingerprint density at radius 1 is 1.56 bits per heavy atom. The number of likely N-dealkylation sites (tertiary alicyclic amines) is 1. The van der Waals surface area contributed by atoms with Crippen LogP contribution in [0.4, 0.5) is 0 Å². The van der Waals surface area contributed by atoms with Crippen molar-refractivity contribution in [1.29, 1.82) is 0 Å². The summed E-state index contributed by atoms with van der Waals surface area (Å²) in [7, 11) is 1.55. The zero-order valence-corrected chi connectivity index (χ0v) is 9.87. The van der Waals surface area contributed by atoms with Crippen LogP contribution < -0.4 is 0 Å². The number of furan rings is 1. The third kappa shape index (κ3) is 2.38. The standard InChI is InChI=1S/C9H10ClNO4S/c10-16(13,14)8-4-9(12)11(6-8)5-7-2-1-3-15-7/h1-3,8H,4-6H2. The molecule has 1 atom stereocenters. The van der Waals surface area contributed by atoms with Crippen LogP contribution in [0.25, 0.3) is 0 Å². The van der Waals surface area contributed by atoms with Crippen molar-refractivity contribution in [3.8, 4) is 0 Å². The summed E-state index contributed by atoms with van der Waals surface area (Å²) in [6.07, 6.45) is 1.46. The maximum Gasteiger partial charge on any atom is 0.237 e. The summed E-state index contributed by atoms with van der Waals surface area (Å²) in [5, 5.41) is -0.809. The lowest BCUT2D eigenvalue weighted by Crippen LogP contribution is -2.26. The minimum atomic E-state index is -3.67. The number of amides is 1. The van der Waals surface area contributed by atoms with Gasteiger partial charge >= 0.3 is 0 Å². The van der Waals surface area contributed by atoms with Crippen molar-refractivity contribution in [1.82, 2.24) is 4.90 Å². The average Bonchev–Trinajstić information content (AvgIpc) is 2.76. The predicted octanol–water partition coefficient (Wildman–Crippen LogP) is 0.949. The molecule has 0 spiro atoms. The Kier molecular flexibility index (Phi) is 2.94. The first-order chi connectivity index (χ1) is 7.47. The minimum Gasteiger partial charge on any atom is -0.467 e. The van der Waals surface area contributed by atoms with Crippen molar-refractivity contribution in [2.24, 2.45) is 0 Å². The lowest BCUT2D eigenvalue weighted by molar-refractivity contribution is -0.128. The molecule has 0 aromatic carbocycles. The largest absolute Gasteiger partial charge is 0.467 e. The van der Waals surface area contributed by atoms with E-state index in [9.17, 15) is 13.2 Å². The van der Waals surface area contributed by atoms with Gasteiger partial charge in [-0.3, -0.25) is 4.79 Å². The van der Waals surface area contributed by atoms with Gasteiger partial charge in [0.25, 0.3) is 0 Å². The first kappa shape index (κ1) is 11.5. The topological polar surface area (TPSA) is 67.6 Å². The van der Waals surface area contributed by atoms with Crippen LogP contribution in [0.15, 0.2) is 22.8 Å². The number of carbonyl (C=O) groups excluding carboxylic acids is 1. The van der Waals surface area contributed by atoms with Crippen LogP contribution >= 0.6 is 10.7 Å². The van der Waals surface area contributed by atoms with Crippen molar-refractivity contribution in [3.05, 3.63) is 24.2 Å². The smallest absolute Gasteiger partial charge is 0.237 e. The molecular weight excluding hydrogens is 254 g/mol. The summed E-state index contributed by atoms with van der Waals surface area (Å²) in [6, 6.07) is 3.45. The molecule has 0 radical (unpaired) electrons. The first-order valence-electron chi connectivity index (χ1n) is 4.70. The van der Waals surface area contributed by atoms with E-state index in [0.29, 0.717) is 5.76 Å². The van der Waals surface area contributed by atoms with Gasteiger partial charge in [0.1, 0.15) is 11.0 Å². The Morgan fingerprint density at radius 3 is 2.81 bits per heavy atom. The minimum absolute atomic E-state index is 0.0491. The van der Waals surface area contributed by atoms with Crippen LogP contribution in [0.5, 0.6) is 0 Å². The normalized spacial score (nSPS) is 21.7. The molecule has 5 nitrogen and oxygen atoms in total. The van der Waals surface area contributed by atoms with Gasteiger partial charge in [-0.2, -0.15) is 0 Å². The number of halogens is 1. The Bertz CT molecular complexity index is 482. The number of carbonyl (C=O) groups is 1. The third-order valence-electron chi connectivity index (χ3n) is 2.50. The van der Waals surface area contributed by atoms with E-state index in [1.807, 2.05) is 0 Å². The first-order valence-corrected chi connectivity index (χ1v) is 7.07. The maximum atomic E-state index is 11.5. The van der Waals surface area contributed by atoms with Gasteiger partial charge in [0.05, 0.1) is 12.8 Å². The summed E-state index contributed by atoms with van der Waals surface area (Å²) in [6.45, 7) is 0.417. The molecule has 0 saturated carbocycles. The summed E-state index contributed by atoms with van der Waals surface area (Å²) in [5.74, 6) is 0.409. The van der Waals surface area contributed by atoms with Gasteiger partial charge in [-0.15, -0.1) is 0 Å². The van der Waals surface area contributed by atoms with Gasteiger partial charge in [0.15, 0.2) is 0 Å². The van der Waals surface area contributed by atoms with Crippen LogP contribution in [-0.4, -0.2) is 31.0 Å². The van der Waals surface area contributed by atoms with E-state index in [-0.39, 0.29) is 25.4 Å².